The van der Waals surface area contributed by atoms with Crippen molar-refractivity contribution < 1.29 is 4.79 Å². The highest BCUT2D eigenvalue weighted by molar-refractivity contribution is 5.95. The number of hydrogen-bond donors (Lipinski definition) is 0. The largest absolute Gasteiger partial charge is 0.295 e. The Morgan fingerprint density at radius 2 is 1.75 bits per heavy atom. The van der Waals surface area contributed by atoms with E-state index < -0.39 is 0 Å². The molecule has 0 bridgehead atoms. The van der Waals surface area contributed by atoms with Gasteiger partial charge in [-0.2, -0.15) is 0 Å². The molecule has 0 amide bonds. The quantitative estimate of drug-likeness (QED) is 0.618. The van der Waals surface area contributed by atoms with Gasteiger partial charge in [-0.3, -0.25) is 4.79 Å². The first-order valence-corrected chi connectivity index (χ1v) is 7.45. The Bertz CT molecular complexity index is 667. The molecule has 20 heavy (non-hydrogen) atoms. The Kier molecular flexibility index (Phi) is 3.43. The molecule has 0 N–H and O–H groups in total. The summed E-state index contributed by atoms with van der Waals surface area (Å²) >= 11 is 0. The average molecular weight is 264 g/mol. The van der Waals surface area contributed by atoms with Crippen LogP contribution in [0.5, 0.6) is 0 Å². The normalized spacial score (nSPS) is 12.1. The van der Waals surface area contributed by atoms with Gasteiger partial charge in [0.25, 0.3) is 0 Å². The molecule has 0 radical (unpaired) electrons. The number of aryl methyl sites for hydroxylation is 1. The number of unbranched alkanes of at least 4 members (excludes halogenated alkanes) is 1. The fraction of sp³-hybridized carbons (Fsp3) is 0.316. The SMILES string of the molecule is CCCCc1ccc2c(c1)Cc1cc(C(C)=O)ccc1-2. The Balaban J connectivity index is 1.95. The fourth-order valence-electron chi connectivity index (χ4n) is 3.02. The second kappa shape index (κ2) is 5.24. The fourth-order valence-corrected chi connectivity index (χ4v) is 3.02. The molecule has 1 aliphatic rings. The number of ketones is 1. The molecule has 2 aromatic rings. The maximum Gasteiger partial charge on any atom is 0.159 e. The number of rotatable bonds is 4. The van der Waals surface area contributed by atoms with Gasteiger partial charge in [0.05, 0.1) is 0 Å². The average Bonchev–Trinajstić information content (AvgIpc) is 2.81. The zero-order valence-corrected chi connectivity index (χ0v) is 12.2. The van der Waals surface area contributed by atoms with Gasteiger partial charge in [0, 0.05) is 5.56 Å². The molecule has 0 aromatic heterocycles. The highest BCUT2D eigenvalue weighted by atomic mass is 16.1. The van der Waals surface area contributed by atoms with E-state index in [1.165, 1.54) is 47.1 Å². The van der Waals surface area contributed by atoms with Crippen LogP contribution in [0.15, 0.2) is 36.4 Å². The Morgan fingerprint density at radius 1 is 1.05 bits per heavy atom. The van der Waals surface area contributed by atoms with Crippen molar-refractivity contribution in [2.24, 2.45) is 0 Å². The van der Waals surface area contributed by atoms with E-state index in [0.29, 0.717) is 0 Å². The van der Waals surface area contributed by atoms with Crippen molar-refractivity contribution >= 4 is 5.78 Å². The Hall–Kier alpha value is -1.89. The summed E-state index contributed by atoms with van der Waals surface area (Å²) in [6, 6.07) is 13.0. The van der Waals surface area contributed by atoms with E-state index >= 15 is 0 Å². The predicted octanol–water partition coefficient (Wildman–Crippen LogP) is 4.80. The second-order valence-electron chi connectivity index (χ2n) is 5.70. The zero-order chi connectivity index (χ0) is 14.1. The molecule has 3 rings (SSSR count). The summed E-state index contributed by atoms with van der Waals surface area (Å²) < 4.78 is 0. The molecule has 0 fully saturated rings. The molecule has 0 saturated carbocycles. The van der Waals surface area contributed by atoms with E-state index in [2.05, 4.69) is 37.3 Å². The lowest BCUT2D eigenvalue weighted by Gasteiger charge is -2.05. The molecular weight excluding hydrogens is 244 g/mol. The molecule has 1 aliphatic carbocycles. The number of Topliss-reactive ketones (excluding diaryl/α,β-unsaturated/α-hetero) is 1. The summed E-state index contributed by atoms with van der Waals surface area (Å²) in [5.41, 5.74) is 7.60. The summed E-state index contributed by atoms with van der Waals surface area (Å²) in [4.78, 5) is 11.5. The molecule has 0 saturated heterocycles. The third-order valence-electron chi connectivity index (χ3n) is 4.17. The molecule has 1 heteroatoms. The minimum Gasteiger partial charge on any atom is -0.295 e. The van der Waals surface area contributed by atoms with Crippen molar-refractivity contribution in [3.05, 3.63) is 58.7 Å². The number of benzene rings is 2. The second-order valence-corrected chi connectivity index (χ2v) is 5.70. The maximum absolute atomic E-state index is 11.5. The van der Waals surface area contributed by atoms with Crippen LogP contribution in [0.2, 0.25) is 0 Å². The Labute approximate surface area is 120 Å². The first kappa shape index (κ1) is 13.1. The van der Waals surface area contributed by atoms with Crippen LogP contribution >= 0.6 is 0 Å². The van der Waals surface area contributed by atoms with Gasteiger partial charge in [-0.25, -0.2) is 0 Å². The van der Waals surface area contributed by atoms with Crippen LogP contribution in [-0.2, 0) is 12.8 Å². The summed E-state index contributed by atoms with van der Waals surface area (Å²) in [5, 5.41) is 0. The van der Waals surface area contributed by atoms with Gasteiger partial charge in [-0.15, -0.1) is 0 Å². The van der Waals surface area contributed by atoms with Gasteiger partial charge < -0.3 is 0 Å². The topological polar surface area (TPSA) is 17.1 Å². The van der Waals surface area contributed by atoms with Crippen molar-refractivity contribution in [2.75, 3.05) is 0 Å². The van der Waals surface area contributed by atoms with Crippen LogP contribution in [0.3, 0.4) is 0 Å². The van der Waals surface area contributed by atoms with Crippen molar-refractivity contribution in [1.82, 2.24) is 0 Å². The van der Waals surface area contributed by atoms with Crippen LogP contribution < -0.4 is 0 Å². The standard InChI is InChI=1S/C19H20O/c1-3-4-5-14-6-8-18-16(10-14)12-17-11-15(13(2)20)7-9-19(17)18/h6-11H,3-5,12H2,1-2H3. The minimum atomic E-state index is 0.146. The van der Waals surface area contributed by atoms with Crippen LogP contribution in [0.4, 0.5) is 0 Å². The lowest BCUT2D eigenvalue weighted by atomic mass is 10.00. The van der Waals surface area contributed by atoms with E-state index in [1.807, 2.05) is 6.07 Å². The molecule has 1 nitrogen and oxygen atoms in total. The van der Waals surface area contributed by atoms with Crippen molar-refractivity contribution in [2.45, 2.75) is 39.5 Å². The monoisotopic (exact) mass is 264 g/mol. The lowest BCUT2D eigenvalue weighted by Crippen LogP contribution is -1.93. The van der Waals surface area contributed by atoms with E-state index in [1.54, 1.807) is 6.92 Å². The van der Waals surface area contributed by atoms with Crippen LogP contribution in [-0.4, -0.2) is 5.78 Å². The summed E-state index contributed by atoms with van der Waals surface area (Å²) in [6.45, 7) is 3.86. The molecule has 2 aromatic carbocycles. The molecule has 0 spiro atoms. The predicted molar refractivity (Wildman–Crippen MR) is 83.3 cm³/mol. The first-order chi connectivity index (χ1) is 9.69. The van der Waals surface area contributed by atoms with E-state index in [9.17, 15) is 4.79 Å². The van der Waals surface area contributed by atoms with Gasteiger partial charge in [0.15, 0.2) is 5.78 Å². The molecule has 0 atom stereocenters. The smallest absolute Gasteiger partial charge is 0.159 e. The van der Waals surface area contributed by atoms with Gasteiger partial charge in [0.2, 0.25) is 0 Å². The molecule has 0 unspecified atom stereocenters. The van der Waals surface area contributed by atoms with Crippen LogP contribution in [0.1, 0.15) is 53.7 Å². The van der Waals surface area contributed by atoms with Crippen LogP contribution in [0, 0.1) is 0 Å². The van der Waals surface area contributed by atoms with E-state index in [4.69, 9.17) is 0 Å². The number of carbonyl (C=O) groups is 1. The summed E-state index contributed by atoms with van der Waals surface area (Å²) in [5.74, 6) is 0.146. The third-order valence-corrected chi connectivity index (χ3v) is 4.17. The minimum absolute atomic E-state index is 0.146. The van der Waals surface area contributed by atoms with Gasteiger partial charge in [-0.1, -0.05) is 43.7 Å². The van der Waals surface area contributed by atoms with E-state index in [-0.39, 0.29) is 5.78 Å². The molecule has 102 valence electrons. The van der Waals surface area contributed by atoms with Gasteiger partial charge in [0.1, 0.15) is 0 Å². The highest BCUT2D eigenvalue weighted by Gasteiger charge is 2.19. The molecule has 0 aliphatic heterocycles. The first-order valence-electron chi connectivity index (χ1n) is 7.45. The lowest BCUT2D eigenvalue weighted by molar-refractivity contribution is 0.101. The van der Waals surface area contributed by atoms with Crippen molar-refractivity contribution in [3.63, 3.8) is 0 Å². The molecular formula is C19H20O. The van der Waals surface area contributed by atoms with Crippen LogP contribution in [0.25, 0.3) is 11.1 Å². The van der Waals surface area contributed by atoms with Crippen molar-refractivity contribution in [1.29, 1.82) is 0 Å². The van der Waals surface area contributed by atoms with Gasteiger partial charge >= 0.3 is 0 Å². The number of hydrogen-bond acceptors (Lipinski definition) is 1. The summed E-state index contributed by atoms with van der Waals surface area (Å²) in [6.07, 6.45) is 4.62. The third kappa shape index (κ3) is 2.29. The Morgan fingerprint density at radius 3 is 2.45 bits per heavy atom. The maximum atomic E-state index is 11.5. The van der Waals surface area contributed by atoms with Gasteiger partial charge in [-0.05, 0) is 60.1 Å². The highest BCUT2D eigenvalue weighted by Crippen LogP contribution is 2.37. The number of carbonyl (C=O) groups excluding carboxylic acids is 1. The van der Waals surface area contributed by atoms with Crippen molar-refractivity contribution in [3.8, 4) is 11.1 Å². The number of fused-ring (bicyclic) bond motifs is 3. The van der Waals surface area contributed by atoms with E-state index in [0.717, 1.165) is 12.0 Å². The zero-order valence-electron chi connectivity index (χ0n) is 12.2. The summed E-state index contributed by atoms with van der Waals surface area (Å²) in [7, 11) is 0. The molecule has 0 heterocycles.